The SMILES string of the molecule is CCCC(=O)C(=COCC)C(C)=O. The molecule has 0 N–H and O–H groups in total. The molecule has 0 rings (SSSR count). The second-order valence-corrected chi connectivity index (χ2v) is 2.72. The molecular formula is C10H16O3. The van der Waals surface area contributed by atoms with E-state index in [1.165, 1.54) is 13.2 Å². The van der Waals surface area contributed by atoms with E-state index in [0.717, 1.165) is 6.42 Å². The molecule has 0 aliphatic carbocycles. The predicted octanol–water partition coefficient (Wildman–Crippen LogP) is 1.86. The van der Waals surface area contributed by atoms with E-state index in [9.17, 15) is 9.59 Å². The molecule has 0 aliphatic rings. The predicted molar refractivity (Wildman–Crippen MR) is 50.3 cm³/mol. The molecule has 0 amide bonds. The summed E-state index contributed by atoms with van der Waals surface area (Å²) in [6, 6.07) is 0. The highest BCUT2D eigenvalue weighted by atomic mass is 16.5. The van der Waals surface area contributed by atoms with E-state index in [1.54, 1.807) is 6.92 Å². The summed E-state index contributed by atoms with van der Waals surface area (Å²) >= 11 is 0. The fraction of sp³-hybridized carbons (Fsp3) is 0.600. The molecule has 3 heteroatoms. The highest BCUT2D eigenvalue weighted by Gasteiger charge is 2.13. The number of hydrogen-bond donors (Lipinski definition) is 0. The Kier molecular flexibility index (Phi) is 5.85. The van der Waals surface area contributed by atoms with Crippen LogP contribution < -0.4 is 0 Å². The molecular weight excluding hydrogens is 168 g/mol. The van der Waals surface area contributed by atoms with Crippen molar-refractivity contribution in [3.63, 3.8) is 0 Å². The number of rotatable bonds is 6. The van der Waals surface area contributed by atoms with Crippen LogP contribution in [0.4, 0.5) is 0 Å². The molecule has 0 atom stereocenters. The Bertz CT molecular complexity index is 216. The van der Waals surface area contributed by atoms with Gasteiger partial charge in [-0.3, -0.25) is 9.59 Å². The third kappa shape index (κ3) is 4.45. The lowest BCUT2D eigenvalue weighted by molar-refractivity contribution is -0.120. The highest BCUT2D eigenvalue weighted by molar-refractivity contribution is 6.19. The average molecular weight is 184 g/mol. The van der Waals surface area contributed by atoms with Gasteiger partial charge in [-0.15, -0.1) is 0 Å². The van der Waals surface area contributed by atoms with Crippen molar-refractivity contribution in [1.29, 1.82) is 0 Å². The van der Waals surface area contributed by atoms with Crippen molar-refractivity contribution in [2.45, 2.75) is 33.6 Å². The highest BCUT2D eigenvalue weighted by Crippen LogP contribution is 2.04. The summed E-state index contributed by atoms with van der Waals surface area (Å²) in [5, 5.41) is 0. The van der Waals surface area contributed by atoms with E-state index in [-0.39, 0.29) is 17.1 Å². The Hall–Kier alpha value is -1.12. The van der Waals surface area contributed by atoms with Gasteiger partial charge in [-0.25, -0.2) is 0 Å². The second kappa shape index (κ2) is 6.40. The Morgan fingerprint density at radius 2 is 1.92 bits per heavy atom. The molecule has 13 heavy (non-hydrogen) atoms. The van der Waals surface area contributed by atoms with E-state index in [0.29, 0.717) is 13.0 Å². The Morgan fingerprint density at radius 3 is 2.31 bits per heavy atom. The standard InChI is InChI=1S/C10H16O3/c1-4-6-10(12)9(8(3)11)7-13-5-2/h7H,4-6H2,1-3H3. The van der Waals surface area contributed by atoms with Crippen molar-refractivity contribution >= 4 is 11.6 Å². The van der Waals surface area contributed by atoms with E-state index in [2.05, 4.69) is 0 Å². The second-order valence-electron chi connectivity index (χ2n) is 2.72. The van der Waals surface area contributed by atoms with E-state index < -0.39 is 0 Å². The maximum atomic E-state index is 11.3. The number of Topliss-reactive ketones (excluding diaryl/α,β-unsaturated/α-hetero) is 2. The van der Waals surface area contributed by atoms with Gasteiger partial charge in [0.05, 0.1) is 18.4 Å². The normalized spacial score (nSPS) is 11.2. The zero-order chi connectivity index (χ0) is 10.3. The smallest absolute Gasteiger partial charge is 0.169 e. The summed E-state index contributed by atoms with van der Waals surface area (Å²) < 4.78 is 4.92. The largest absolute Gasteiger partial charge is 0.501 e. The summed E-state index contributed by atoms with van der Waals surface area (Å²) in [6.07, 6.45) is 2.41. The van der Waals surface area contributed by atoms with Gasteiger partial charge in [-0.1, -0.05) is 6.92 Å². The van der Waals surface area contributed by atoms with Gasteiger partial charge in [0.2, 0.25) is 0 Å². The minimum atomic E-state index is -0.230. The molecule has 0 aromatic rings. The number of ketones is 2. The van der Waals surface area contributed by atoms with E-state index >= 15 is 0 Å². The minimum absolute atomic E-state index is 0.136. The molecule has 0 aliphatic heterocycles. The number of ether oxygens (including phenoxy) is 1. The maximum Gasteiger partial charge on any atom is 0.169 e. The zero-order valence-corrected chi connectivity index (χ0v) is 8.42. The summed E-state index contributed by atoms with van der Waals surface area (Å²) in [5.74, 6) is -0.365. The lowest BCUT2D eigenvalue weighted by Gasteiger charge is -2.01. The van der Waals surface area contributed by atoms with Crippen molar-refractivity contribution in [2.75, 3.05) is 6.61 Å². The maximum absolute atomic E-state index is 11.3. The molecule has 0 heterocycles. The Morgan fingerprint density at radius 1 is 1.31 bits per heavy atom. The van der Waals surface area contributed by atoms with Crippen LogP contribution in [0.15, 0.2) is 11.8 Å². The first kappa shape index (κ1) is 11.9. The topological polar surface area (TPSA) is 43.4 Å². The van der Waals surface area contributed by atoms with Gasteiger partial charge < -0.3 is 4.74 Å². The summed E-state index contributed by atoms with van der Waals surface area (Å²) in [5.41, 5.74) is 0.170. The molecule has 0 fully saturated rings. The van der Waals surface area contributed by atoms with Gasteiger partial charge in [0.15, 0.2) is 11.6 Å². The molecule has 0 bridgehead atoms. The van der Waals surface area contributed by atoms with Crippen LogP contribution in [0, 0.1) is 0 Å². The van der Waals surface area contributed by atoms with E-state index in [1.807, 2.05) is 6.92 Å². The first-order chi connectivity index (χ1) is 6.13. The quantitative estimate of drug-likeness (QED) is 0.274. The molecule has 0 unspecified atom stereocenters. The number of carbonyl (C=O) groups excluding carboxylic acids is 2. The molecule has 0 radical (unpaired) electrons. The average Bonchev–Trinajstić information content (AvgIpc) is 2.05. The van der Waals surface area contributed by atoms with Crippen molar-refractivity contribution in [2.24, 2.45) is 0 Å². The van der Waals surface area contributed by atoms with Crippen molar-refractivity contribution in [3.8, 4) is 0 Å². The zero-order valence-electron chi connectivity index (χ0n) is 8.42. The third-order valence-corrected chi connectivity index (χ3v) is 1.52. The van der Waals surface area contributed by atoms with Crippen LogP contribution in [-0.2, 0) is 14.3 Å². The van der Waals surface area contributed by atoms with Crippen LogP contribution in [-0.4, -0.2) is 18.2 Å². The summed E-state index contributed by atoms with van der Waals surface area (Å²) in [6.45, 7) is 5.55. The number of hydrogen-bond acceptors (Lipinski definition) is 3. The molecule has 0 aromatic carbocycles. The van der Waals surface area contributed by atoms with Crippen molar-refractivity contribution < 1.29 is 14.3 Å². The summed E-state index contributed by atoms with van der Waals surface area (Å²) in [4.78, 5) is 22.3. The Labute approximate surface area is 78.8 Å². The molecule has 0 spiro atoms. The lowest BCUT2D eigenvalue weighted by Crippen LogP contribution is -2.10. The number of allylic oxidation sites excluding steroid dienone is 1. The van der Waals surface area contributed by atoms with Gasteiger partial charge in [0, 0.05) is 6.42 Å². The third-order valence-electron chi connectivity index (χ3n) is 1.52. The van der Waals surface area contributed by atoms with Gasteiger partial charge in [-0.05, 0) is 20.3 Å². The first-order valence-corrected chi connectivity index (χ1v) is 4.49. The molecule has 0 aromatic heterocycles. The fourth-order valence-electron chi connectivity index (χ4n) is 0.873. The van der Waals surface area contributed by atoms with E-state index in [4.69, 9.17) is 4.74 Å². The minimum Gasteiger partial charge on any atom is -0.501 e. The van der Waals surface area contributed by atoms with Gasteiger partial charge in [-0.2, -0.15) is 0 Å². The van der Waals surface area contributed by atoms with Crippen LogP contribution in [0.2, 0.25) is 0 Å². The van der Waals surface area contributed by atoms with Crippen LogP contribution in [0.3, 0.4) is 0 Å². The van der Waals surface area contributed by atoms with Gasteiger partial charge in [0.25, 0.3) is 0 Å². The Balaban J connectivity index is 4.41. The van der Waals surface area contributed by atoms with Crippen LogP contribution in [0.1, 0.15) is 33.6 Å². The molecule has 74 valence electrons. The molecule has 3 nitrogen and oxygen atoms in total. The molecule has 0 saturated heterocycles. The first-order valence-electron chi connectivity index (χ1n) is 4.49. The summed E-state index contributed by atoms with van der Waals surface area (Å²) in [7, 11) is 0. The van der Waals surface area contributed by atoms with Crippen LogP contribution in [0.5, 0.6) is 0 Å². The fourth-order valence-corrected chi connectivity index (χ4v) is 0.873. The number of carbonyl (C=O) groups is 2. The molecule has 0 saturated carbocycles. The van der Waals surface area contributed by atoms with Crippen LogP contribution >= 0.6 is 0 Å². The van der Waals surface area contributed by atoms with Gasteiger partial charge in [0.1, 0.15) is 0 Å². The lowest BCUT2D eigenvalue weighted by atomic mass is 10.1. The van der Waals surface area contributed by atoms with Crippen LogP contribution in [0.25, 0.3) is 0 Å². The van der Waals surface area contributed by atoms with Crippen molar-refractivity contribution in [3.05, 3.63) is 11.8 Å². The van der Waals surface area contributed by atoms with Crippen molar-refractivity contribution in [1.82, 2.24) is 0 Å². The van der Waals surface area contributed by atoms with Gasteiger partial charge >= 0.3 is 0 Å². The monoisotopic (exact) mass is 184 g/mol.